The molecule has 44 heavy (non-hydrogen) atoms. The molecule has 0 bridgehead atoms. The standard InChI is InChI=1S/C36H64O6Si2/c1-25(2)33-30(38-24-27-16-18-28(37-11)19-17-27)21-32-36(10,41-33)22-31(42-44(14,15)35(7,8)9)29(40-32)20-26(3)23-39-43(12,13)34(4,5)6/h16-19,26,29-33H,1,20-24H2,2-15H3/t26-,29+,30+,31-,32-,33-,36+/m1/s1. The van der Waals surface area contributed by atoms with Gasteiger partial charge in [-0.3, -0.25) is 0 Å². The van der Waals surface area contributed by atoms with Crippen molar-refractivity contribution in [2.45, 2.75) is 161 Å². The summed E-state index contributed by atoms with van der Waals surface area (Å²) in [5.74, 6) is 1.18. The van der Waals surface area contributed by atoms with Gasteiger partial charge in [0.25, 0.3) is 0 Å². The molecule has 2 heterocycles. The van der Waals surface area contributed by atoms with Gasteiger partial charge in [0.05, 0.1) is 43.7 Å². The smallest absolute Gasteiger partial charge is 0.192 e. The summed E-state index contributed by atoms with van der Waals surface area (Å²) in [6.45, 7) is 35.2. The molecular weight excluding hydrogens is 585 g/mol. The number of hydrogen-bond donors (Lipinski definition) is 0. The Labute approximate surface area is 271 Å². The minimum Gasteiger partial charge on any atom is -0.497 e. The molecule has 0 N–H and O–H groups in total. The lowest BCUT2D eigenvalue weighted by molar-refractivity contribution is -0.285. The van der Waals surface area contributed by atoms with E-state index in [-0.39, 0.29) is 40.6 Å². The monoisotopic (exact) mass is 648 g/mol. The van der Waals surface area contributed by atoms with E-state index in [4.69, 9.17) is 27.8 Å². The molecule has 1 aromatic carbocycles. The molecule has 2 saturated heterocycles. The molecular formula is C36H64O6Si2. The number of methoxy groups -OCH3 is 1. The fourth-order valence-electron chi connectivity index (χ4n) is 5.64. The zero-order chi connectivity index (χ0) is 33.3. The number of ether oxygens (including phenoxy) is 4. The van der Waals surface area contributed by atoms with Crippen molar-refractivity contribution in [3.8, 4) is 5.75 Å². The highest BCUT2D eigenvalue weighted by molar-refractivity contribution is 6.74. The van der Waals surface area contributed by atoms with E-state index in [1.54, 1.807) is 7.11 Å². The molecule has 1 aromatic rings. The van der Waals surface area contributed by atoms with Crippen molar-refractivity contribution in [3.05, 3.63) is 42.0 Å². The third-order valence-corrected chi connectivity index (χ3v) is 19.8. The molecule has 252 valence electrons. The molecule has 7 atom stereocenters. The Morgan fingerprint density at radius 3 is 2.11 bits per heavy atom. The molecule has 0 aliphatic carbocycles. The minimum absolute atomic E-state index is 0.0348. The van der Waals surface area contributed by atoms with Crippen molar-refractivity contribution in [3.63, 3.8) is 0 Å². The predicted molar refractivity (Wildman–Crippen MR) is 187 cm³/mol. The van der Waals surface area contributed by atoms with Crippen LogP contribution in [0.5, 0.6) is 5.75 Å². The van der Waals surface area contributed by atoms with Crippen molar-refractivity contribution in [2.75, 3.05) is 13.7 Å². The predicted octanol–water partition coefficient (Wildman–Crippen LogP) is 9.30. The molecule has 0 saturated carbocycles. The van der Waals surface area contributed by atoms with E-state index in [0.29, 0.717) is 12.5 Å². The van der Waals surface area contributed by atoms with Crippen LogP contribution in [-0.4, -0.2) is 66.5 Å². The van der Waals surface area contributed by atoms with E-state index in [9.17, 15) is 0 Å². The van der Waals surface area contributed by atoms with Crippen LogP contribution in [0, 0.1) is 5.92 Å². The summed E-state index contributed by atoms with van der Waals surface area (Å²) in [5.41, 5.74) is 1.58. The van der Waals surface area contributed by atoms with Gasteiger partial charge in [-0.25, -0.2) is 0 Å². The van der Waals surface area contributed by atoms with E-state index >= 15 is 0 Å². The maximum Gasteiger partial charge on any atom is 0.192 e. The third kappa shape index (κ3) is 9.08. The highest BCUT2D eigenvalue weighted by atomic mass is 28.4. The fraction of sp³-hybridized carbons (Fsp3) is 0.778. The van der Waals surface area contributed by atoms with Crippen LogP contribution in [0.3, 0.4) is 0 Å². The Balaban J connectivity index is 1.82. The van der Waals surface area contributed by atoms with Crippen LogP contribution >= 0.6 is 0 Å². The first kappa shape index (κ1) is 37.5. The normalized spacial score (nSPS) is 29.2. The van der Waals surface area contributed by atoms with Crippen LogP contribution in [-0.2, 0) is 29.7 Å². The molecule has 2 aliphatic rings. The minimum atomic E-state index is -2.07. The van der Waals surface area contributed by atoms with E-state index in [0.717, 1.165) is 42.8 Å². The lowest BCUT2D eigenvalue weighted by atomic mass is 9.78. The van der Waals surface area contributed by atoms with Gasteiger partial charge in [-0.1, -0.05) is 67.2 Å². The second-order valence-electron chi connectivity index (χ2n) is 16.8. The van der Waals surface area contributed by atoms with E-state index in [2.05, 4.69) is 88.2 Å². The summed E-state index contributed by atoms with van der Waals surface area (Å²) in [5, 5.41) is 0.282. The highest BCUT2D eigenvalue weighted by Crippen LogP contribution is 2.47. The van der Waals surface area contributed by atoms with Gasteiger partial charge in [-0.2, -0.15) is 0 Å². The van der Waals surface area contributed by atoms with Crippen molar-refractivity contribution in [1.82, 2.24) is 0 Å². The van der Waals surface area contributed by atoms with Crippen LogP contribution < -0.4 is 4.74 Å². The Bertz CT molecular complexity index is 1090. The van der Waals surface area contributed by atoms with Crippen molar-refractivity contribution >= 4 is 16.6 Å². The lowest BCUT2D eigenvalue weighted by Crippen LogP contribution is -2.64. The molecule has 0 radical (unpaired) electrons. The second kappa shape index (κ2) is 14.0. The van der Waals surface area contributed by atoms with Crippen LogP contribution in [0.2, 0.25) is 36.3 Å². The van der Waals surface area contributed by atoms with Gasteiger partial charge in [-0.05, 0) is 85.7 Å². The molecule has 6 nitrogen and oxygen atoms in total. The van der Waals surface area contributed by atoms with Crippen LogP contribution in [0.1, 0.15) is 87.1 Å². The Morgan fingerprint density at radius 2 is 1.59 bits per heavy atom. The highest BCUT2D eigenvalue weighted by Gasteiger charge is 2.55. The molecule has 0 spiro atoms. The van der Waals surface area contributed by atoms with Gasteiger partial charge in [0, 0.05) is 19.4 Å². The number of benzene rings is 1. The zero-order valence-corrected chi connectivity index (χ0v) is 32.5. The second-order valence-corrected chi connectivity index (χ2v) is 26.4. The average molecular weight is 649 g/mol. The summed E-state index contributed by atoms with van der Waals surface area (Å²) in [6.07, 6.45) is 1.90. The Hall–Kier alpha value is -1.01. The first-order valence-electron chi connectivity index (χ1n) is 16.6. The van der Waals surface area contributed by atoms with Gasteiger partial charge in [-0.15, -0.1) is 0 Å². The van der Waals surface area contributed by atoms with Gasteiger partial charge in [0.2, 0.25) is 0 Å². The summed E-state index contributed by atoms with van der Waals surface area (Å²) in [7, 11) is -2.23. The zero-order valence-electron chi connectivity index (χ0n) is 30.5. The number of fused-ring (bicyclic) bond motifs is 1. The molecule has 0 aromatic heterocycles. The van der Waals surface area contributed by atoms with E-state index < -0.39 is 22.2 Å². The maximum absolute atomic E-state index is 7.16. The molecule has 2 fully saturated rings. The number of hydrogen-bond acceptors (Lipinski definition) is 6. The molecule has 3 rings (SSSR count). The van der Waals surface area contributed by atoms with E-state index in [1.165, 1.54) is 0 Å². The first-order chi connectivity index (χ1) is 20.1. The van der Waals surface area contributed by atoms with E-state index in [1.807, 2.05) is 31.2 Å². The van der Waals surface area contributed by atoms with Crippen LogP contribution in [0.25, 0.3) is 0 Å². The molecule has 2 aliphatic heterocycles. The largest absolute Gasteiger partial charge is 0.497 e. The summed E-state index contributed by atoms with van der Waals surface area (Å²) in [6, 6.07) is 8.03. The lowest BCUT2D eigenvalue weighted by Gasteiger charge is -2.55. The summed E-state index contributed by atoms with van der Waals surface area (Å²) >= 11 is 0. The Kier molecular flexibility index (Phi) is 11.9. The average Bonchev–Trinajstić information content (AvgIpc) is 2.89. The van der Waals surface area contributed by atoms with Gasteiger partial charge < -0.3 is 27.8 Å². The number of rotatable bonds is 12. The van der Waals surface area contributed by atoms with Crippen LogP contribution in [0.15, 0.2) is 36.4 Å². The third-order valence-electron chi connectivity index (χ3n) is 10.8. The summed E-state index contributed by atoms with van der Waals surface area (Å²) < 4.78 is 39.7. The van der Waals surface area contributed by atoms with Gasteiger partial charge in [0.1, 0.15) is 11.9 Å². The first-order valence-corrected chi connectivity index (χ1v) is 22.4. The SMILES string of the molecule is C=C(C)[C@H]1O[C@@]2(C)C[C@@H](O[Si](C)(C)C(C)(C)C)[C@H](C[C@@H](C)CO[Si](C)(C)C(C)(C)C)O[C@@H]2C[C@@H]1OCc1ccc(OC)cc1. The Morgan fingerprint density at radius 1 is 1.00 bits per heavy atom. The fourth-order valence-corrected chi connectivity index (χ4v) is 8.12. The molecule has 8 heteroatoms. The van der Waals surface area contributed by atoms with Crippen LogP contribution in [0.4, 0.5) is 0 Å². The van der Waals surface area contributed by atoms with Crippen molar-refractivity contribution in [1.29, 1.82) is 0 Å². The summed E-state index contributed by atoms with van der Waals surface area (Å²) in [4.78, 5) is 0. The van der Waals surface area contributed by atoms with Gasteiger partial charge in [0.15, 0.2) is 16.6 Å². The van der Waals surface area contributed by atoms with Crippen molar-refractivity contribution < 1.29 is 27.8 Å². The molecule has 0 amide bonds. The van der Waals surface area contributed by atoms with Gasteiger partial charge >= 0.3 is 0 Å². The maximum atomic E-state index is 7.16. The topological polar surface area (TPSA) is 55.4 Å². The molecule has 0 unspecified atom stereocenters. The van der Waals surface area contributed by atoms with Crippen molar-refractivity contribution in [2.24, 2.45) is 5.92 Å². The quantitative estimate of drug-likeness (QED) is 0.166.